The van der Waals surface area contributed by atoms with Crippen LogP contribution in [0.25, 0.3) is 0 Å². The van der Waals surface area contributed by atoms with E-state index in [-0.39, 0.29) is 30.8 Å². The summed E-state index contributed by atoms with van der Waals surface area (Å²) in [5.74, 6) is -1.30. The first-order valence-corrected chi connectivity index (χ1v) is 8.41. The zero-order valence-electron chi connectivity index (χ0n) is 15.1. The number of likely N-dealkylation sites (N-methyl/N-ethyl adjacent to an activating group) is 1. The lowest BCUT2D eigenvalue weighted by molar-refractivity contribution is -0.127. The molecule has 1 aliphatic rings. The Hall–Kier alpha value is -3.48. The minimum absolute atomic E-state index is 0.0735. The Morgan fingerprint density at radius 2 is 1.59 bits per heavy atom. The number of carbonyl (C=O) groups excluding carboxylic acids is 4. The second-order valence-corrected chi connectivity index (χ2v) is 6.41. The third kappa shape index (κ3) is 3.72. The predicted octanol–water partition coefficient (Wildman–Crippen LogP) is 1.30. The molecule has 27 heavy (non-hydrogen) atoms. The van der Waals surface area contributed by atoms with E-state index in [9.17, 15) is 19.2 Å². The van der Waals surface area contributed by atoms with E-state index >= 15 is 0 Å². The molecule has 0 fully saturated rings. The molecule has 1 aliphatic heterocycles. The van der Waals surface area contributed by atoms with E-state index in [0.717, 1.165) is 4.90 Å². The molecule has 7 heteroatoms. The van der Waals surface area contributed by atoms with Gasteiger partial charge in [-0.2, -0.15) is 0 Å². The summed E-state index contributed by atoms with van der Waals surface area (Å²) < 4.78 is 0. The summed E-state index contributed by atoms with van der Waals surface area (Å²) in [6, 6.07) is 13.3. The van der Waals surface area contributed by atoms with Crippen LogP contribution in [0.15, 0.2) is 48.5 Å². The number of fused-ring (bicyclic) bond motifs is 1. The first-order chi connectivity index (χ1) is 12.9. The molecule has 2 aromatic carbocycles. The van der Waals surface area contributed by atoms with Gasteiger partial charge in [0, 0.05) is 19.7 Å². The van der Waals surface area contributed by atoms with Gasteiger partial charge in [0.2, 0.25) is 5.91 Å². The molecule has 1 heterocycles. The molecule has 4 amide bonds. The number of nitrogens with one attached hydrogen (secondary N) is 1. The van der Waals surface area contributed by atoms with Crippen LogP contribution < -0.4 is 5.32 Å². The lowest BCUT2D eigenvalue weighted by Gasteiger charge is -2.15. The molecule has 0 saturated heterocycles. The molecular formula is C20H19N3O4. The molecule has 3 rings (SSSR count). The first kappa shape index (κ1) is 18.3. The van der Waals surface area contributed by atoms with Gasteiger partial charge in [0.1, 0.15) is 0 Å². The number of carbonyl (C=O) groups is 4. The molecule has 7 nitrogen and oxygen atoms in total. The molecule has 0 atom stereocenters. The Balaban J connectivity index is 1.72. The zero-order valence-corrected chi connectivity index (χ0v) is 15.1. The van der Waals surface area contributed by atoms with Crippen molar-refractivity contribution in [2.24, 2.45) is 0 Å². The van der Waals surface area contributed by atoms with Crippen molar-refractivity contribution in [1.82, 2.24) is 15.1 Å². The average molecular weight is 365 g/mol. The minimum atomic E-state index is -0.394. The van der Waals surface area contributed by atoms with Crippen molar-refractivity contribution in [1.29, 1.82) is 0 Å². The van der Waals surface area contributed by atoms with Crippen molar-refractivity contribution >= 4 is 23.6 Å². The van der Waals surface area contributed by atoms with Crippen molar-refractivity contribution in [3.8, 4) is 0 Å². The van der Waals surface area contributed by atoms with Gasteiger partial charge in [0.15, 0.2) is 0 Å². The minimum Gasteiger partial charge on any atom is -0.347 e. The Labute approximate surface area is 156 Å². The van der Waals surface area contributed by atoms with Crippen LogP contribution in [-0.2, 0) is 11.3 Å². The average Bonchev–Trinajstić information content (AvgIpc) is 2.91. The van der Waals surface area contributed by atoms with Gasteiger partial charge in [-0.1, -0.05) is 24.3 Å². The standard InChI is InChI=1S/C20H19N3O4/c1-22(2)17(24)11-21-18(25)14-7-5-6-13(10-14)12-23-19(26)15-8-3-4-9-16(15)20(23)27/h3-10H,11-12H2,1-2H3,(H,21,25). The van der Waals surface area contributed by atoms with Crippen molar-refractivity contribution < 1.29 is 19.2 Å². The summed E-state index contributed by atoms with van der Waals surface area (Å²) in [5, 5.41) is 2.55. The highest BCUT2D eigenvalue weighted by atomic mass is 16.2. The van der Waals surface area contributed by atoms with Crippen LogP contribution in [0.4, 0.5) is 0 Å². The molecule has 0 unspecified atom stereocenters. The highest BCUT2D eigenvalue weighted by Crippen LogP contribution is 2.24. The maximum absolute atomic E-state index is 12.5. The number of amides is 4. The van der Waals surface area contributed by atoms with E-state index in [0.29, 0.717) is 22.3 Å². The maximum Gasteiger partial charge on any atom is 0.261 e. The summed E-state index contributed by atoms with van der Waals surface area (Å²) in [7, 11) is 3.22. The number of benzene rings is 2. The first-order valence-electron chi connectivity index (χ1n) is 8.41. The maximum atomic E-state index is 12.5. The van der Waals surface area contributed by atoms with Gasteiger partial charge >= 0.3 is 0 Å². The van der Waals surface area contributed by atoms with Gasteiger partial charge in [0.25, 0.3) is 17.7 Å². The highest BCUT2D eigenvalue weighted by Gasteiger charge is 2.34. The fraction of sp³-hybridized carbons (Fsp3) is 0.200. The zero-order chi connectivity index (χ0) is 19.6. The van der Waals surface area contributed by atoms with Crippen LogP contribution in [-0.4, -0.2) is 54.1 Å². The number of hydrogen-bond acceptors (Lipinski definition) is 4. The van der Waals surface area contributed by atoms with Crippen LogP contribution in [0.5, 0.6) is 0 Å². The highest BCUT2D eigenvalue weighted by molar-refractivity contribution is 6.21. The van der Waals surface area contributed by atoms with Crippen molar-refractivity contribution in [2.75, 3.05) is 20.6 Å². The van der Waals surface area contributed by atoms with E-state index in [1.807, 2.05) is 0 Å². The molecule has 0 saturated carbocycles. The number of nitrogens with zero attached hydrogens (tertiary/aromatic N) is 2. The Kier molecular flexibility index (Phi) is 5.03. The summed E-state index contributed by atoms with van der Waals surface area (Å²) in [4.78, 5) is 51.3. The summed E-state index contributed by atoms with van der Waals surface area (Å²) >= 11 is 0. The second kappa shape index (κ2) is 7.41. The van der Waals surface area contributed by atoms with Gasteiger partial charge in [-0.15, -0.1) is 0 Å². The largest absolute Gasteiger partial charge is 0.347 e. The number of imide groups is 1. The lowest BCUT2D eigenvalue weighted by atomic mass is 10.1. The molecule has 0 aliphatic carbocycles. The third-order valence-corrected chi connectivity index (χ3v) is 4.31. The molecule has 0 bridgehead atoms. The molecule has 0 aromatic heterocycles. The molecular weight excluding hydrogens is 346 g/mol. The fourth-order valence-corrected chi connectivity index (χ4v) is 2.79. The van der Waals surface area contributed by atoms with Gasteiger partial charge in [-0.05, 0) is 29.8 Å². The SMILES string of the molecule is CN(C)C(=O)CNC(=O)c1cccc(CN2C(=O)c3ccccc3C2=O)c1. The molecule has 1 N–H and O–H groups in total. The van der Waals surface area contributed by atoms with Crippen LogP contribution in [0.1, 0.15) is 36.6 Å². The normalized spacial score (nSPS) is 12.7. The lowest BCUT2D eigenvalue weighted by Crippen LogP contribution is -2.36. The monoisotopic (exact) mass is 365 g/mol. The van der Waals surface area contributed by atoms with Crippen LogP contribution >= 0.6 is 0 Å². The summed E-state index contributed by atoms with van der Waals surface area (Å²) in [5.41, 5.74) is 1.78. The van der Waals surface area contributed by atoms with Crippen molar-refractivity contribution in [2.45, 2.75) is 6.54 Å². The van der Waals surface area contributed by atoms with Crippen LogP contribution in [0, 0.1) is 0 Å². The number of hydrogen-bond donors (Lipinski definition) is 1. The van der Waals surface area contributed by atoms with E-state index in [1.54, 1.807) is 62.6 Å². The van der Waals surface area contributed by atoms with E-state index < -0.39 is 5.91 Å². The molecule has 0 radical (unpaired) electrons. The Morgan fingerprint density at radius 3 is 2.19 bits per heavy atom. The van der Waals surface area contributed by atoms with Crippen molar-refractivity contribution in [3.63, 3.8) is 0 Å². The van der Waals surface area contributed by atoms with Gasteiger partial charge in [0.05, 0.1) is 24.2 Å². The van der Waals surface area contributed by atoms with Crippen molar-refractivity contribution in [3.05, 3.63) is 70.8 Å². The third-order valence-electron chi connectivity index (χ3n) is 4.31. The van der Waals surface area contributed by atoms with Crippen LogP contribution in [0.2, 0.25) is 0 Å². The molecule has 138 valence electrons. The number of rotatable bonds is 5. The summed E-state index contributed by atoms with van der Waals surface area (Å²) in [6.45, 7) is -0.0292. The van der Waals surface area contributed by atoms with Gasteiger partial charge in [-0.3, -0.25) is 24.1 Å². The predicted molar refractivity (Wildman–Crippen MR) is 98.1 cm³/mol. The van der Waals surface area contributed by atoms with E-state index in [2.05, 4.69) is 5.32 Å². The smallest absolute Gasteiger partial charge is 0.261 e. The van der Waals surface area contributed by atoms with Crippen LogP contribution in [0.3, 0.4) is 0 Å². The fourth-order valence-electron chi connectivity index (χ4n) is 2.79. The quantitative estimate of drug-likeness (QED) is 0.809. The topological polar surface area (TPSA) is 86.8 Å². The molecule has 2 aromatic rings. The summed E-state index contributed by atoms with van der Waals surface area (Å²) in [6.07, 6.45) is 0. The van der Waals surface area contributed by atoms with E-state index in [1.165, 1.54) is 4.90 Å². The van der Waals surface area contributed by atoms with Gasteiger partial charge < -0.3 is 10.2 Å². The van der Waals surface area contributed by atoms with E-state index in [4.69, 9.17) is 0 Å². The Morgan fingerprint density at radius 1 is 0.963 bits per heavy atom. The second-order valence-electron chi connectivity index (χ2n) is 6.41. The Bertz CT molecular complexity index is 901. The molecule has 0 spiro atoms. The van der Waals surface area contributed by atoms with Gasteiger partial charge in [-0.25, -0.2) is 0 Å².